The number of aliphatic hydroxyl groups excluding tert-OH is 1. The van der Waals surface area contributed by atoms with E-state index in [1.807, 2.05) is 0 Å². The summed E-state index contributed by atoms with van der Waals surface area (Å²) in [6.45, 7) is 6.95. The lowest BCUT2D eigenvalue weighted by Crippen LogP contribution is -2.63. The van der Waals surface area contributed by atoms with E-state index in [0.717, 1.165) is 43.9 Å². The van der Waals surface area contributed by atoms with Crippen LogP contribution in [-0.4, -0.2) is 77.8 Å². The summed E-state index contributed by atoms with van der Waals surface area (Å²) in [6.07, 6.45) is 3.27. The van der Waals surface area contributed by atoms with Crippen LogP contribution in [0.1, 0.15) is 65.4 Å². The molecule has 1 heterocycles. The summed E-state index contributed by atoms with van der Waals surface area (Å²) < 4.78 is 45.2. The van der Waals surface area contributed by atoms with Crippen molar-refractivity contribution < 1.29 is 37.7 Å². The molecule has 1 saturated carbocycles. The topological polar surface area (TPSA) is 97.3 Å². The maximum atomic E-state index is 13.8. The fourth-order valence-corrected chi connectivity index (χ4v) is 4.89. The zero-order valence-electron chi connectivity index (χ0n) is 22.2. The normalized spacial score (nSPS) is 22.8. The van der Waals surface area contributed by atoms with Crippen molar-refractivity contribution in [2.75, 3.05) is 19.8 Å². The molecule has 0 spiro atoms. The molecule has 10 heteroatoms. The molecule has 8 nitrogen and oxygen atoms in total. The van der Waals surface area contributed by atoms with Crippen molar-refractivity contribution in [2.24, 2.45) is 0 Å². The maximum absolute atomic E-state index is 13.8. The Morgan fingerprint density at radius 3 is 2.41 bits per heavy atom. The number of carbonyl (C=O) groups excluding carboxylic acids is 2. The predicted octanol–water partition coefficient (Wildman–Crippen LogP) is 3.73. The number of rotatable bonds is 8. The number of carbonyl (C=O) groups is 2. The second kappa shape index (κ2) is 13.0. The van der Waals surface area contributed by atoms with Gasteiger partial charge in [0.05, 0.1) is 50.2 Å². The Hall–Kier alpha value is -2.30. The van der Waals surface area contributed by atoms with E-state index in [4.69, 9.17) is 14.2 Å². The van der Waals surface area contributed by atoms with Gasteiger partial charge in [0.15, 0.2) is 0 Å². The lowest BCUT2D eigenvalue weighted by molar-refractivity contribution is -0.134. The van der Waals surface area contributed by atoms with Crippen molar-refractivity contribution in [3.63, 3.8) is 0 Å². The van der Waals surface area contributed by atoms with Crippen molar-refractivity contribution >= 4 is 12.0 Å². The molecule has 2 aliphatic rings. The summed E-state index contributed by atoms with van der Waals surface area (Å²) in [5.74, 6) is -1.95. The van der Waals surface area contributed by atoms with Gasteiger partial charge in [0.1, 0.15) is 17.2 Å². The molecule has 0 unspecified atom stereocenters. The average Bonchev–Trinajstić information content (AvgIpc) is 2.80. The summed E-state index contributed by atoms with van der Waals surface area (Å²) in [4.78, 5) is 26.5. The maximum Gasteiger partial charge on any atom is 0.410 e. The van der Waals surface area contributed by atoms with Gasteiger partial charge in [0, 0.05) is 13.0 Å². The Labute approximate surface area is 217 Å². The van der Waals surface area contributed by atoms with Gasteiger partial charge in [-0.2, -0.15) is 0 Å². The van der Waals surface area contributed by atoms with E-state index in [2.05, 4.69) is 5.32 Å². The van der Waals surface area contributed by atoms with Crippen LogP contribution in [0.4, 0.5) is 13.6 Å². The predicted molar refractivity (Wildman–Crippen MR) is 133 cm³/mol. The van der Waals surface area contributed by atoms with E-state index >= 15 is 0 Å². The fourth-order valence-electron chi connectivity index (χ4n) is 4.89. The van der Waals surface area contributed by atoms with Crippen LogP contribution in [-0.2, 0) is 25.4 Å². The molecule has 0 aromatic heterocycles. The monoisotopic (exact) mass is 526 g/mol. The Kier molecular flexibility index (Phi) is 10.3. The molecular formula is C27H40F2N2O6. The minimum absolute atomic E-state index is 0.0211. The Morgan fingerprint density at radius 2 is 1.81 bits per heavy atom. The van der Waals surface area contributed by atoms with Crippen LogP contribution in [0.2, 0.25) is 0 Å². The standard InChI is InChI=1S/C27H40F2N2O6/c1-17(32)30-23(12-18-10-19(28)13-20(29)11-18)25(33)24-16-36-22(15-35-21-8-6-5-7-9-21)14-31(24)26(34)37-27(2,3)4/h10-11,13,21-25,33H,5-9,12,14-16H2,1-4H3,(H,30,32)/t22-,23+,24-,25+/m1/s1. The molecule has 1 aromatic rings. The van der Waals surface area contributed by atoms with E-state index in [0.29, 0.717) is 6.61 Å². The first kappa shape index (κ1) is 29.3. The SMILES string of the molecule is CC(=O)N[C@@H](Cc1cc(F)cc(F)c1)[C@H](O)[C@H]1CO[C@@H](COC2CCCCC2)CN1C(=O)OC(C)(C)C. The molecule has 2 N–H and O–H groups in total. The van der Waals surface area contributed by atoms with Crippen molar-refractivity contribution in [1.82, 2.24) is 10.2 Å². The number of nitrogens with zero attached hydrogens (tertiary/aromatic N) is 1. The van der Waals surface area contributed by atoms with Gasteiger partial charge in [-0.1, -0.05) is 19.3 Å². The van der Waals surface area contributed by atoms with E-state index in [9.17, 15) is 23.5 Å². The molecule has 0 radical (unpaired) electrons. The Bertz CT molecular complexity index is 898. The lowest BCUT2D eigenvalue weighted by atomic mass is 9.94. The van der Waals surface area contributed by atoms with Gasteiger partial charge in [-0.3, -0.25) is 9.69 Å². The average molecular weight is 527 g/mol. The number of nitrogens with one attached hydrogen (secondary N) is 1. The molecule has 1 saturated heterocycles. The molecule has 2 amide bonds. The molecule has 1 aliphatic heterocycles. The van der Waals surface area contributed by atoms with E-state index in [1.165, 1.54) is 18.2 Å². The van der Waals surface area contributed by atoms with E-state index in [-0.39, 0.29) is 31.2 Å². The first-order valence-corrected chi connectivity index (χ1v) is 13.0. The number of aliphatic hydroxyl groups is 1. The highest BCUT2D eigenvalue weighted by atomic mass is 19.1. The molecule has 1 aliphatic carbocycles. The second-order valence-electron chi connectivity index (χ2n) is 11.0. The Morgan fingerprint density at radius 1 is 1.16 bits per heavy atom. The third-order valence-corrected chi connectivity index (χ3v) is 6.57. The van der Waals surface area contributed by atoms with Crippen molar-refractivity contribution in [3.05, 3.63) is 35.4 Å². The minimum atomic E-state index is -1.30. The first-order valence-electron chi connectivity index (χ1n) is 13.0. The van der Waals surface area contributed by atoms with Crippen LogP contribution in [0.3, 0.4) is 0 Å². The van der Waals surface area contributed by atoms with Crippen LogP contribution in [0.5, 0.6) is 0 Å². The van der Waals surface area contributed by atoms with Crippen LogP contribution < -0.4 is 5.32 Å². The van der Waals surface area contributed by atoms with Crippen molar-refractivity contribution in [2.45, 2.75) is 102 Å². The largest absolute Gasteiger partial charge is 0.444 e. The summed E-state index contributed by atoms with van der Waals surface area (Å²) >= 11 is 0. The number of morpholine rings is 1. The molecular weight excluding hydrogens is 486 g/mol. The second-order valence-corrected chi connectivity index (χ2v) is 11.0. The first-order chi connectivity index (χ1) is 17.4. The quantitative estimate of drug-likeness (QED) is 0.536. The van der Waals surface area contributed by atoms with Gasteiger partial charge in [-0.05, 0) is 57.7 Å². The van der Waals surface area contributed by atoms with Crippen LogP contribution in [0.15, 0.2) is 18.2 Å². The van der Waals surface area contributed by atoms with Gasteiger partial charge in [-0.25, -0.2) is 13.6 Å². The lowest BCUT2D eigenvalue weighted by Gasteiger charge is -2.43. The highest BCUT2D eigenvalue weighted by Gasteiger charge is 2.42. The highest BCUT2D eigenvalue weighted by molar-refractivity contribution is 5.73. The smallest absolute Gasteiger partial charge is 0.410 e. The molecule has 208 valence electrons. The summed E-state index contributed by atoms with van der Waals surface area (Å²) in [6, 6.07) is 1.24. The van der Waals surface area contributed by atoms with Crippen molar-refractivity contribution in [1.29, 1.82) is 0 Å². The number of amides is 2. The van der Waals surface area contributed by atoms with Crippen molar-refractivity contribution in [3.8, 4) is 0 Å². The summed E-state index contributed by atoms with van der Waals surface area (Å²) in [5.41, 5.74) is -0.510. The molecule has 2 fully saturated rings. The zero-order valence-corrected chi connectivity index (χ0v) is 22.2. The number of hydrogen-bond acceptors (Lipinski definition) is 6. The van der Waals surface area contributed by atoms with E-state index in [1.54, 1.807) is 20.8 Å². The van der Waals surface area contributed by atoms with Gasteiger partial charge < -0.3 is 24.6 Å². The fraction of sp³-hybridized carbons (Fsp3) is 0.704. The number of benzene rings is 1. The summed E-state index contributed by atoms with van der Waals surface area (Å²) in [5, 5.41) is 14.0. The number of ether oxygens (including phenoxy) is 3. The number of halogens is 2. The van der Waals surface area contributed by atoms with Gasteiger partial charge in [0.2, 0.25) is 5.91 Å². The molecule has 0 bridgehead atoms. The third-order valence-electron chi connectivity index (χ3n) is 6.57. The van der Waals surface area contributed by atoms with Crippen LogP contribution in [0, 0.1) is 11.6 Å². The minimum Gasteiger partial charge on any atom is -0.444 e. The zero-order chi connectivity index (χ0) is 27.2. The summed E-state index contributed by atoms with van der Waals surface area (Å²) in [7, 11) is 0. The third kappa shape index (κ3) is 9.19. The Balaban J connectivity index is 1.76. The molecule has 37 heavy (non-hydrogen) atoms. The highest BCUT2D eigenvalue weighted by Crippen LogP contribution is 2.25. The molecule has 4 atom stereocenters. The van der Waals surface area contributed by atoms with Crippen LogP contribution in [0.25, 0.3) is 0 Å². The molecule has 1 aromatic carbocycles. The number of hydrogen-bond donors (Lipinski definition) is 2. The van der Waals surface area contributed by atoms with Crippen LogP contribution >= 0.6 is 0 Å². The van der Waals surface area contributed by atoms with Gasteiger partial charge >= 0.3 is 6.09 Å². The van der Waals surface area contributed by atoms with Gasteiger partial charge in [0.25, 0.3) is 0 Å². The van der Waals surface area contributed by atoms with E-state index < -0.39 is 53.5 Å². The molecule has 3 rings (SSSR count). The van der Waals surface area contributed by atoms with Gasteiger partial charge in [-0.15, -0.1) is 0 Å².